The lowest BCUT2D eigenvalue weighted by Crippen LogP contribution is -2.12. The fraction of sp³-hybridized carbons (Fsp3) is 0.588. The van der Waals surface area contributed by atoms with E-state index < -0.39 is 16.3 Å². The van der Waals surface area contributed by atoms with Gasteiger partial charge in [0.05, 0.1) is 29.5 Å². The first kappa shape index (κ1) is 36.0. The molecule has 0 bridgehead atoms. The van der Waals surface area contributed by atoms with Crippen LogP contribution in [0.1, 0.15) is 93.2 Å². The number of ether oxygens (including phenoxy) is 2. The molecule has 2 aromatic rings. The molecule has 2 aromatic carbocycles. The zero-order valence-corrected chi connectivity index (χ0v) is 29.1. The summed E-state index contributed by atoms with van der Waals surface area (Å²) in [6.45, 7) is 22.0. The molecule has 6 nitrogen and oxygen atoms in total. The maximum atomic E-state index is 12.3. The van der Waals surface area contributed by atoms with Crippen LogP contribution in [0.3, 0.4) is 0 Å². The van der Waals surface area contributed by atoms with E-state index in [1.165, 1.54) is 0 Å². The van der Waals surface area contributed by atoms with E-state index in [4.69, 9.17) is 18.5 Å². The average Bonchev–Trinajstić information content (AvgIpc) is 2.92. The minimum absolute atomic E-state index is 0.215. The molecular formula is C34H52O6P2. The van der Waals surface area contributed by atoms with Crippen LogP contribution in [0, 0.1) is 0 Å². The third-order valence-electron chi connectivity index (χ3n) is 6.72. The van der Waals surface area contributed by atoms with Crippen molar-refractivity contribution >= 4 is 28.2 Å². The topological polar surface area (TPSA) is 71.1 Å². The lowest BCUT2D eigenvalue weighted by atomic mass is 9.95. The molecule has 2 rings (SSSR count). The molecule has 0 amide bonds. The first-order valence-corrected chi connectivity index (χ1v) is 18.2. The number of rotatable bonds is 17. The van der Waals surface area contributed by atoms with Gasteiger partial charge < -0.3 is 18.5 Å². The van der Waals surface area contributed by atoms with Crippen LogP contribution in [0.15, 0.2) is 36.4 Å². The fourth-order valence-electron chi connectivity index (χ4n) is 4.97. The molecule has 0 fully saturated rings. The molecule has 0 saturated heterocycles. The second kappa shape index (κ2) is 17.8. The van der Waals surface area contributed by atoms with Gasteiger partial charge in [-0.3, -0.25) is 9.59 Å². The lowest BCUT2D eigenvalue weighted by Gasteiger charge is -2.30. The van der Waals surface area contributed by atoms with Crippen LogP contribution in [0.4, 0.5) is 0 Å². The monoisotopic (exact) mass is 618 g/mol. The molecule has 0 aliphatic heterocycles. The summed E-state index contributed by atoms with van der Waals surface area (Å²) in [6.07, 6.45) is 1.60. The number of aryl methyl sites for hydroxylation is 2. The van der Waals surface area contributed by atoms with E-state index in [1.54, 1.807) is 0 Å². The summed E-state index contributed by atoms with van der Waals surface area (Å²) in [7, 11) is -1.60. The Balaban J connectivity index is 2.76. The van der Waals surface area contributed by atoms with Crippen LogP contribution in [0.2, 0.25) is 0 Å². The van der Waals surface area contributed by atoms with E-state index >= 15 is 0 Å². The van der Waals surface area contributed by atoms with Crippen molar-refractivity contribution < 1.29 is 28.1 Å². The van der Waals surface area contributed by atoms with Gasteiger partial charge in [0.2, 0.25) is 0 Å². The number of hydrogen-bond donors (Lipinski definition) is 0. The standard InChI is InChI=1S/C34H52O6P2/c1-11-37-31(35)21-19-27-15-13-17-29(33(27)39-41(23(3)4)24(5)6)30-18-14-16-28(20-22-32(36)38-12-2)34(30)40-42(25(7)8)26(9)10/h13-18,23-26H,11-12,19-22H2,1-10H3. The van der Waals surface area contributed by atoms with Gasteiger partial charge in [-0.2, -0.15) is 0 Å². The van der Waals surface area contributed by atoms with Crippen LogP contribution in [0.5, 0.6) is 11.5 Å². The number of carbonyl (C=O) groups is 2. The predicted molar refractivity (Wildman–Crippen MR) is 177 cm³/mol. The molecule has 0 aliphatic carbocycles. The Morgan fingerprint density at radius 1 is 0.595 bits per heavy atom. The Labute approximate surface area is 256 Å². The molecule has 0 unspecified atom stereocenters. The Morgan fingerprint density at radius 2 is 0.929 bits per heavy atom. The van der Waals surface area contributed by atoms with Crippen LogP contribution in [-0.4, -0.2) is 47.8 Å². The highest BCUT2D eigenvalue weighted by Crippen LogP contribution is 2.54. The lowest BCUT2D eigenvalue weighted by molar-refractivity contribution is -0.144. The van der Waals surface area contributed by atoms with Gasteiger partial charge in [-0.05, 0) is 37.8 Å². The van der Waals surface area contributed by atoms with E-state index in [0.29, 0.717) is 48.7 Å². The van der Waals surface area contributed by atoms with Crippen molar-refractivity contribution in [2.75, 3.05) is 13.2 Å². The summed E-state index contributed by atoms with van der Waals surface area (Å²) in [4.78, 5) is 24.7. The molecule has 42 heavy (non-hydrogen) atoms. The quantitative estimate of drug-likeness (QED) is 0.130. The molecule has 0 saturated carbocycles. The second-order valence-corrected chi connectivity index (χ2v) is 17.4. The molecular weight excluding hydrogens is 566 g/mol. The summed E-state index contributed by atoms with van der Waals surface area (Å²) >= 11 is 0. The Morgan fingerprint density at radius 3 is 1.21 bits per heavy atom. The third kappa shape index (κ3) is 10.5. The van der Waals surface area contributed by atoms with E-state index in [0.717, 1.165) is 33.8 Å². The van der Waals surface area contributed by atoms with Gasteiger partial charge in [0.15, 0.2) is 0 Å². The fourth-order valence-corrected chi connectivity index (χ4v) is 9.05. The Kier molecular flexibility index (Phi) is 15.3. The smallest absolute Gasteiger partial charge is 0.306 e. The maximum Gasteiger partial charge on any atom is 0.306 e. The summed E-state index contributed by atoms with van der Waals surface area (Å²) in [5.74, 6) is 1.18. The second-order valence-electron chi connectivity index (χ2n) is 11.5. The van der Waals surface area contributed by atoms with Crippen molar-refractivity contribution in [3.8, 4) is 22.6 Å². The van der Waals surface area contributed by atoms with Gasteiger partial charge in [-0.25, -0.2) is 0 Å². The molecule has 0 N–H and O–H groups in total. The van der Waals surface area contributed by atoms with Crippen LogP contribution in [0.25, 0.3) is 11.1 Å². The largest absolute Gasteiger partial charge is 0.473 e. The van der Waals surface area contributed by atoms with Crippen molar-refractivity contribution in [1.29, 1.82) is 0 Å². The van der Waals surface area contributed by atoms with Crippen molar-refractivity contribution in [1.82, 2.24) is 0 Å². The molecule has 8 heteroatoms. The van der Waals surface area contributed by atoms with Crippen LogP contribution in [-0.2, 0) is 31.9 Å². The molecule has 0 heterocycles. The summed E-state index contributed by atoms with van der Waals surface area (Å²) < 4.78 is 24.4. The minimum Gasteiger partial charge on any atom is -0.473 e. The highest BCUT2D eigenvalue weighted by molar-refractivity contribution is 7.54. The van der Waals surface area contributed by atoms with Crippen molar-refractivity contribution in [2.24, 2.45) is 0 Å². The van der Waals surface area contributed by atoms with Gasteiger partial charge in [-0.15, -0.1) is 0 Å². The predicted octanol–water partition coefficient (Wildman–Crippen LogP) is 9.53. The van der Waals surface area contributed by atoms with E-state index in [1.807, 2.05) is 38.1 Å². The molecule has 0 atom stereocenters. The Bertz CT molecular complexity index is 1040. The maximum absolute atomic E-state index is 12.3. The summed E-state index contributed by atoms with van der Waals surface area (Å²) in [5.41, 5.74) is 5.26. The van der Waals surface area contributed by atoms with E-state index in [2.05, 4.69) is 67.5 Å². The Hall–Kier alpha value is -2.16. The number of carbonyl (C=O) groups excluding carboxylic acids is 2. The summed E-state index contributed by atoms with van der Waals surface area (Å²) in [6, 6.07) is 12.3. The highest BCUT2D eigenvalue weighted by atomic mass is 31.1. The number of hydrogen-bond acceptors (Lipinski definition) is 6. The SMILES string of the molecule is CCOC(=O)CCc1cccc(-c2cccc(CCC(=O)OCC)c2OP(C(C)C)C(C)C)c1OP(C(C)C)C(C)C. The normalized spacial score (nSPS) is 11.7. The van der Waals surface area contributed by atoms with Gasteiger partial charge in [0.25, 0.3) is 0 Å². The van der Waals surface area contributed by atoms with Crippen LogP contribution >= 0.6 is 16.3 Å². The number of para-hydroxylation sites is 2. The first-order valence-electron chi connectivity index (χ1n) is 15.4. The van der Waals surface area contributed by atoms with Gasteiger partial charge in [-0.1, -0.05) is 91.8 Å². The molecule has 234 valence electrons. The average molecular weight is 619 g/mol. The number of benzene rings is 2. The van der Waals surface area contributed by atoms with Gasteiger partial charge in [0, 0.05) is 46.6 Å². The van der Waals surface area contributed by atoms with E-state index in [-0.39, 0.29) is 24.8 Å². The van der Waals surface area contributed by atoms with Gasteiger partial charge in [0.1, 0.15) is 11.5 Å². The highest BCUT2D eigenvalue weighted by Gasteiger charge is 2.27. The molecule has 0 radical (unpaired) electrons. The molecule has 0 aromatic heterocycles. The molecule has 0 spiro atoms. The zero-order valence-electron chi connectivity index (χ0n) is 27.4. The zero-order chi connectivity index (χ0) is 31.4. The van der Waals surface area contributed by atoms with Crippen molar-refractivity contribution in [3.05, 3.63) is 47.5 Å². The van der Waals surface area contributed by atoms with Gasteiger partial charge >= 0.3 is 11.9 Å². The third-order valence-corrected chi connectivity index (χ3v) is 11.6. The van der Waals surface area contributed by atoms with Crippen molar-refractivity contribution in [2.45, 2.75) is 118 Å². The van der Waals surface area contributed by atoms with Crippen LogP contribution < -0.4 is 9.05 Å². The number of esters is 2. The summed E-state index contributed by atoms with van der Waals surface area (Å²) in [5, 5.41) is 0. The van der Waals surface area contributed by atoms with E-state index in [9.17, 15) is 9.59 Å². The first-order chi connectivity index (χ1) is 19.9. The molecule has 0 aliphatic rings. The minimum atomic E-state index is -0.799. The van der Waals surface area contributed by atoms with Crippen molar-refractivity contribution in [3.63, 3.8) is 0 Å².